The van der Waals surface area contributed by atoms with Crippen LogP contribution in [0, 0.1) is 11.3 Å². The summed E-state index contributed by atoms with van der Waals surface area (Å²) in [4.78, 5) is 13.7. The minimum Gasteiger partial charge on any atom is -0.484 e. The third kappa shape index (κ3) is 4.28. The number of H-pyrrole nitrogens is 1. The Morgan fingerprint density at radius 2 is 1.97 bits per heavy atom. The highest BCUT2D eigenvalue weighted by molar-refractivity contribution is 5.77. The number of hydrogen-bond acceptors (Lipinski definition) is 6. The zero-order valence-corrected chi connectivity index (χ0v) is 16.8. The Morgan fingerprint density at radius 3 is 2.52 bits per heavy atom. The largest absolute Gasteiger partial charge is 0.484 e. The molecule has 1 aliphatic heterocycles. The van der Waals surface area contributed by atoms with Crippen molar-refractivity contribution < 1.29 is 27.4 Å². The Labute approximate surface area is 176 Å². The summed E-state index contributed by atoms with van der Waals surface area (Å²) < 4.78 is 51.0. The van der Waals surface area contributed by atoms with E-state index < -0.39 is 17.8 Å². The zero-order valence-electron chi connectivity index (χ0n) is 16.8. The quantitative estimate of drug-likeness (QED) is 0.721. The number of rotatable bonds is 6. The van der Waals surface area contributed by atoms with Gasteiger partial charge in [0.2, 0.25) is 11.8 Å². The summed E-state index contributed by atoms with van der Waals surface area (Å²) in [6.07, 6.45) is -4.73. The Kier molecular flexibility index (Phi) is 6.10. The maximum atomic E-state index is 13.5. The predicted octanol–water partition coefficient (Wildman–Crippen LogP) is 2.89. The molecule has 0 spiro atoms. The molecule has 2 heterocycles. The van der Waals surface area contributed by atoms with Crippen LogP contribution in [-0.4, -0.2) is 40.7 Å². The maximum absolute atomic E-state index is 13.5. The van der Waals surface area contributed by atoms with Gasteiger partial charge in [-0.3, -0.25) is 9.89 Å². The molecular weight excluding hydrogens is 415 g/mol. The highest BCUT2D eigenvalue weighted by Gasteiger charge is 2.44. The number of aromatic amines is 1. The van der Waals surface area contributed by atoms with E-state index in [0.717, 1.165) is 0 Å². The summed E-state index contributed by atoms with van der Waals surface area (Å²) >= 11 is 0. The van der Waals surface area contributed by atoms with Crippen molar-refractivity contribution in [2.75, 3.05) is 19.7 Å². The van der Waals surface area contributed by atoms with Crippen LogP contribution >= 0.6 is 0 Å². The van der Waals surface area contributed by atoms with Crippen LogP contribution in [-0.2, 0) is 11.0 Å². The summed E-state index contributed by atoms with van der Waals surface area (Å²) in [5, 5.41) is 15.0. The van der Waals surface area contributed by atoms with Gasteiger partial charge < -0.3 is 20.1 Å². The molecule has 1 aromatic carbocycles. The molecule has 0 saturated heterocycles. The number of benzene rings is 1. The maximum Gasteiger partial charge on any atom is 0.433 e. The van der Waals surface area contributed by atoms with E-state index in [9.17, 15) is 23.2 Å². The molecule has 3 rings (SSSR count). The molecule has 0 radical (unpaired) electrons. The van der Waals surface area contributed by atoms with Crippen LogP contribution in [0.25, 0.3) is 0 Å². The first-order valence-electron chi connectivity index (χ1n) is 9.44. The van der Waals surface area contributed by atoms with E-state index in [0.29, 0.717) is 24.4 Å². The molecule has 0 fully saturated rings. The summed E-state index contributed by atoms with van der Waals surface area (Å²) in [5.41, 5.74) is 4.52. The lowest BCUT2D eigenvalue weighted by Gasteiger charge is -2.24. The molecule has 0 bridgehead atoms. The summed E-state index contributed by atoms with van der Waals surface area (Å²) in [5.74, 6) is -1.60. The third-order valence-electron chi connectivity index (χ3n) is 4.91. The Bertz CT molecular complexity index is 1030. The summed E-state index contributed by atoms with van der Waals surface area (Å²) in [6.45, 7) is 4.66. The lowest BCUT2D eigenvalue weighted by molar-refractivity contribution is -0.141. The fourth-order valence-corrected chi connectivity index (χ4v) is 3.36. The van der Waals surface area contributed by atoms with Gasteiger partial charge in [0.25, 0.3) is 5.91 Å². The Hall–Kier alpha value is -3.68. The molecule has 11 heteroatoms. The molecule has 3 N–H and O–H groups in total. The molecule has 164 valence electrons. The molecule has 1 amide bonds. The van der Waals surface area contributed by atoms with Crippen LogP contribution in [0.3, 0.4) is 0 Å². The standard InChI is InChI=1S/C20H20F3N5O3/c1-3-28(4-2)14(29)10-30-12-7-5-11(6-8-12)15-13(9-24)18(25)31-19-16(15)17(26-27-19)20(21,22)23/h5-8,15H,3-4,10,25H2,1-2H3,(H,26,27). The van der Waals surface area contributed by atoms with E-state index in [4.69, 9.17) is 15.2 Å². The lowest BCUT2D eigenvalue weighted by Crippen LogP contribution is -2.34. The Morgan fingerprint density at radius 1 is 1.32 bits per heavy atom. The van der Waals surface area contributed by atoms with Crippen molar-refractivity contribution >= 4 is 5.91 Å². The number of nitrogens with two attached hydrogens (primary N) is 1. The van der Waals surface area contributed by atoms with E-state index in [1.54, 1.807) is 4.90 Å². The number of ether oxygens (including phenoxy) is 2. The van der Waals surface area contributed by atoms with Crippen molar-refractivity contribution in [1.29, 1.82) is 5.26 Å². The Balaban J connectivity index is 1.91. The highest BCUT2D eigenvalue weighted by Crippen LogP contribution is 2.46. The van der Waals surface area contributed by atoms with Gasteiger partial charge in [-0.1, -0.05) is 12.1 Å². The van der Waals surface area contributed by atoms with Crippen molar-refractivity contribution in [3.63, 3.8) is 0 Å². The first-order chi connectivity index (χ1) is 14.7. The monoisotopic (exact) mass is 435 g/mol. The number of carbonyl (C=O) groups excluding carboxylic acids is 1. The van der Waals surface area contributed by atoms with Crippen LogP contribution in [0.5, 0.6) is 11.6 Å². The van der Waals surface area contributed by atoms with Gasteiger partial charge in [0.05, 0.1) is 11.5 Å². The second-order valence-corrected chi connectivity index (χ2v) is 6.66. The number of allylic oxidation sites excluding steroid dienone is 1. The van der Waals surface area contributed by atoms with Crippen molar-refractivity contribution in [2.45, 2.75) is 25.9 Å². The molecule has 1 aliphatic rings. The molecule has 0 aliphatic carbocycles. The van der Waals surface area contributed by atoms with Gasteiger partial charge in [0.15, 0.2) is 6.61 Å². The van der Waals surface area contributed by atoms with Crippen LogP contribution < -0.4 is 15.2 Å². The van der Waals surface area contributed by atoms with Crippen LogP contribution in [0.4, 0.5) is 13.2 Å². The van der Waals surface area contributed by atoms with E-state index >= 15 is 0 Å². The number of likely N-dealkylation sites (N-methyl/N-ethyl adjacent to an activating group) is 1. The fourth-order valence-electron chi connectivity index (χ4n) is 3.36. The average Bonchev–Trinajstić information content (AvgIpc) is 3.16. The number of aromatic nitrogens is 2. The smallest absolute Gasteiger partial charge is 0.433 e. The number of nitrogens with one attached hydrogen (secondary N) is 1. The predicted molar refractivity (Wildman–Crippen MR) is 103 cm³/mol. The molecule has 8 nitrogen and oxygen atoms in total. The molecule has 1 unspecified atom stereocenters. The number of fused-ring (bicyclic) bond motifs is 1. The normalized spacial score (nSPS) is 15.7. The molecule has 2 aromatic rings. The van der Waals surface area contributed by atoms with Crippen LogP contribution in [0.2, 0.25) is 0 Å². The summed E-state index contributed by atoms with van der Waals surface area (Å²) in [7, 11) is 0. The van der Waals surface area contributed by atoms with Crippen molar-refractivity contribution in [3.8, 4) is 17.7 Å². The zero-order chi connectivity index (χ0) is 22.8. The first-order valence-corrected chi connectivity index (χ1v) is 9.44. The lowest BCUT2D eigenvalue weighted by atomic mass is 9.84. The number of amides is 1. The molecule has 1 atom stereocenters. The van der Waals surface area contributed by atoms with Gasteiger partial charge in [-0.05, 0) is 31.5 Å². The first kappa shape index (κ1) is 22.0. The van der Waals surface area contributed by atoms with Crippen molar-refractivity contribution in [2.24, 2.45) is 5.73 Å². The third-order valence-corrected chi connectivity index (χ3v) is 4.91. The van der Waals surface area contributed by atoms with Gasteiger partial charge in [-0.2, -0.15) is 18.4 Å². The minimum atomic E-state index is -4.73. The second kappa shape index (κ2) is 8.59. The SMILES string of the molecule is CCN(CC)C(=O)COc1ccc(C2C(C#N)=C(N)Oc3n[nH]c(C(F)(F)F)c32)cc1. The molecule has 0 saturated carbocycles. The van der Waals surface area contributed by atoms with Gasteiger partial charge in [0, 0.05) is 13.1 Å². The van der Waals surface area contributed by atoms with Gasteiger partial charge in [0.1, 0.15) is 23.1 Å². The van der Waals surface area contributed by atoms with Crippen molar-refractivity contribution in [3.05, 3.63) is 52.5 Å². The van der Waals surface area contributed by atoms with Gasteiger partial charge >= 0.3 is 6.18 Å². The number of carbonyl (C=O) groups is 1. The number of nitrogens with zero attached hydrogens (tertiary/aromatic N) is 3. The van der Waals surface area contributed by atoms with Gasteiger partial charge in [-0.15, -0.1) is 5.10 Å². The van der Waals surface area contributed by atoms with E-state index in [1.165, 1.54) is 24.3 Å². The summed E-state index contributed by atoms with van der Waals surface area (Å²) in [6, 6.07) is 7.87. The fraction of sp³-hybridized carbons (Fsp3) is 0.350. The van der Waals surface area contributed by atoms with E-state index in [1.807, 2.05) is 25.0 Å². The number of nitriles is 1. The number of hydrogen-bond donors (Lipinski definition) is 2. The molecule has 1 aromatic heterocycles. The van der Waals surface area contributed by atoms with Crippen LogP contribution in [0.15, 0.2) is 35.7 Å². The number of alkyl halides is 3. The molecular formula is C20H20F3N5O3. The average molecular weight is 435 g/mol. The second-order valence-electron chi connectivity index (χ2n) is 6.66. The van der Waals surface area contributed by atoms with Crippen molar-refractivity contribution in [1.82, 2.24) is 15.1 Å². The number of halogens is 3. The van der Waals surface area contributed by atoms with E-state index in [2.05, 4.69) is 5.10 Å². The highest BCUT2D eigenvalue weighted by atomic mass is 19.4. The van der Waals surface area contributed by atoms with Gasteiger partial charge in [-0.25, -0.2) is 0 Å². The van der Waals surface area contributed by atoms with E-state index in [-0.39, 0.29) is 35.4 Å². The van der Waals surface area contributed by atoms with Crippen LogP contribution in [0.1, 0.15) is 36.6 Å². The minimum absolute atomic E-state index is 0.162. The topological polar surface area (TPSA) is 117 Å². The molecule has 31 heavy (non-hydrogen) atoms.